The van der Waals surface area contributed by atoms with E-state index in [-0.39, 0.29) is 5.91 Å². The highest BCUT2D eigenvalue weighted by atomic mass is 16.5. The quantitative estimate of drug-likeness (QED) is 0.656. The largest absolute Gasteiger partial charge is 0.490 e. The number of anilines is 1. The van der Waals surface area contributed by atoms with Crippen LogP contribution in [0.2, 0.25) is 0 Å². The number of hydrogen-bond donors (Lipinski definition) is 1. The monoisotopic (exact) mass is 364 g/mol. The molecule has 142 valence electrons. The number of fused-ring (bicyclic) bond motifs is 1. The minimum atomic E-state index is -0.558. The molecular formula is C23H28N2O2. The molecule has 1 aliphatic rings. The summed E-state index contributed by atoms with van der Waals surface area (Å²) in [5.41, 5.74) is 2.14. The molecular weight excluding hydrogens is 336 g/mol. The summed E-state index contributed by atoms with van der Waals surface area (Å²) in [5, 5.41) is 3.68. The summed E-state index contributed by atoms with van der Waals surface area (Å²) in [6.07, 6.45) is 4.51. The van der Waals surface area contributed by atoms with Gasteiger partial charge in [-0.2, -0.15) is 0 Å². The lowest BCUT2D eigenvalue weighted by atomic mass is 9.89. The average Bonchev–Trinajstić information content (AvgIpc) is 2.72. The first-order valence-electron chi connectivity index (χ1n) is 9.69. The second-order valence-corrected chi connectivity index (χ2v) is 6.82. The van der Waals surface area contributed by atoms with Gasteiger partial charge in [-0.15, -0.1) is 0 Å². The Morgan fingerprint density at radius 1 is 1.15 bits per heavy atom. The lowest BCUT2D eigenvalue weighted by Crippen LogP contribution is -2.57. The maximum atomic E-state index is 13.3. The van der Waals surface area contributed by atoms with Crippen LogP contribution in [0.3, 0.4) is 0 Å². The Bertz CT molecular complexity index is 800. The molecule has 0 saturated carbocycles. The van der Waals surface area contributed by atoms with Crippen LogP contribution < -0.4 is 10.1 Å². The average molecular weight is 364 g/mol. The van der Waals surface area contributed by atoms with Crippen LogP contribution in [0.15, 0.2) is 61.2 Å². The number of hydrogen-bond acceptors (Lipinski definition) is 3. The first-order chi connectivity index (χ1) is 13.2. The zero-order chi connectivity index (χ0) is 19.3. The van der Waals surface area contributed by atoms with Crippen LogP contribution in [-0.2, 0) is 5.66 Å². The Morgan fingerprint density at radius 2 is 1.89 bits per heavy atom. The second-order valence-electron chi connectivity index (χ2n) is 6.82. The normalized spacial score (nSPS) is 18.6. The minimum Gasteiger partial charge on any atom is -0.490 e. The number of unbranched alkanes of at least 4 members (excludes halogenated alkanes) is 1. The zero-order valence-corrected chi connectivity index (χ0v) is 16.2. The van der Waals surface area contributed by atoms with Crippen LogP contribution in [0, 0.1) is 0 Å². The van der Waals surface area contributed by atoms with Gasteiger partial charge in [0.25, 0.3) is 5.91 Å². The predicted molar refractivity (Wildman–Crippen MR) is 110 cm³/mol. The third-order valence-corrected chi connectivity index (χ3v) is 5.15. The number of amides is 1. The SMILES string of the molecule is C=CCOc1ccc(C2(CC)Nc3ccccc3C(=O)N2CCCC)cc1. The second kappa shape index (κ2) is 8.30. The molecule has 27 heavy (non-hydrogen) atoms. The highest BCUT2D eigenvalue weighted by Crippen LogP contribution is 2.40. The molecule has 0 radical (unpaired) electrons. The lowest BCUT2D eigenvalue weighted by Gasteiger charge is -2.48. The molecule has 1 amide bonds. The number of rotatable bonds is 8. The summed E-state index contributed by atoms with van der Waals surface area (Å²) >= 11 is 0. The van der Waals surface area contributed by atoms with E-state index in [4.69, 9.17) is 4.74 Å². The van der Waals surface area contributed by atoms with Crippen molar-refractivity contribution in [2.45, 2.75) is 38.8 Å². The van der Waals surface area contributed by atoms with E-state index in [0.717, 1.165) is 48.4 Å². The van der Waals surface area contributed by atoms with E-state index in [0.29, 0.717) is 6.61 Å². The molecule has 1 aliphatic heterocycles. The summed E-state index contributed by atoms with van der Waals surface area (Å²) in [6.45, 7) is 9.15. The molecule has 0 spiro atoms. The van der Waals surface area contributed by atoms with Crippen molar-refractivity contribution in [3.8, 4) is 5.75 Å². The summed E-state index contributed by atoms with van der Waals surface area (Å²) in [6, 6.07) is 15.8. The van der Waals surface area contributed by atoms with Crippen molar-refractivity contribution >= 4 is 11.6 Å². The molecule has 0 fully saturated rings. The molecule has 4 heteroatoms. The van der Waals surface area contributed by atoms with E-state index >= 15 is 0 Å². The van der Waals surface area contributed by atoms with Crippen LogP contribution in [-0.4, -0.2) is 24.0 Å². The molecule has 0 saturated heterocycles. The summed E-state index contributed by atoms with van der Waals surface area (Å²) in [4.78, 5) is 15.3. The van der Waals surface area contributed by atoms with Gasteiger partial charge in [-0.3, -0.25) is 4.79 Å². The maximum Gasteiger partial charge on any atom is 0.258 e. The molecule has 0 aromatic heterocycles. The molecule has 2 aromatic rings. The Morgan fingerprint density at radius 3 is 2.56 bits per heavy atom. The van der Waals surface area contributed by atoms with Gasteiger partial charge in [0, 0.05) is 12.2 Å². The fraction of sp³-hybridized carbons (Fsp3) is 0.348. The minimum absolute atomic E-state index is 0.0895. The molecule has 1 heterocycles. The van der Waals surface area contributed by atoms with Crippen molar-refractivity contribution in [2.75, 3.05) is 18.5 Å². The molecule has 0 aliphatic carbocycles. The molecule has 0 bridgehead atoms. The standard InChI is InChI=1S/C23H28N2O2/c1-4-7-16-25-22(26)20-10-8-9-11-21(20)24-23(25,6-3)18-12-14-19(15-13-18)27-17-5-2/h5,8-15,24H,2,4,6-7,16-17H2,1,3H3. The molecule has 1 atom stereocenters. The fourth-order valence-electron chi connectivity index (χ4n) is 3.69. The summed E-state index contributed by atoms with van der Waals surface area (Å²) < 4.78 is 5.61. The Hall–Kier alpha value is -2.75. The van der Waals surface area contributed by atoms with E-state index in [2.05, 4.69) is 37.9 Å². The van der Waals surface area contributed by atoms with Gasteiger partial charge in [-0.25, -0.2) is 0 Å². The van der Waals surface area contributed by atoms with Gasteiger partial charge in [-0.05, 0) is 42.7 Å². The van der Waals surface area contributed by atoms with E-state index in [9.17, 15) is 4.79 Å². The predicted octanol–water partition coefficient (Wildman–Crippen LogP) is 5.18. The number of carbonyl (C=O) groups is 1. The van der Waals surface area contributed by atoms with Crippen molar-refractivity contribution in [1.29, 1.82) is 0 Å². The third-order valence-electron chi connectivity index (χ3n) is 5.15. The lowest BCUT2D eigenvalue weighted by molar-refractivity contribution is 0.0478. The first-order valence-corrected chi connectivity index (χ1v) is 9.69. The number of para-hydroxylation sites is 1. The first kappa shape index (κ1) is 19.0. The van der Waals surface area contributed by atoms with E-state index in [1.165, 1.54) is 0 Å². The van der Waals surface area contributed by atoms with Crippen molar-refractivity contribution < 1.29 is 9.53 Å². The third kappa shape index (κ3) is 3.57. The van der Waals surface area contributed by atoms with E-state index < -0.39 is 5.66 Å². The van der Waals surface area contributed by atoms with E-state index in [1.807, 2.05) is 41.3 Å². The highest BCUT2D eigenvalue weighted by Gasteiger charge is 2.44. The Kier molecular flexibility index (Phi) is 5.84. The van der Waals surface area contributed by atoms with Crippen molar-refractivity contribution in [1.82, 2.24) is 4.90 Å². The Balaban J connectivity index is 2.03. The van der Waals surface area contributed by atoms with Crippen LogP contribution in [0.1, 0.15) is 49.0 Å². The number of benzene rings is 2. The molecule has 1 N–H and O–H groups in total. The van der Waals surface area contributed by atoms with Gasteiger partial charge in [-0.1, -0.05) is 57.2 Å². The highest BCUT2D eigenvalue weighted by molar-refractivity contribution is 6.02. The van der Waals surface area contributed by atoms with Crippen molar-refractivity contribution in [3.05, 3.63) is 72.3 Å². The number of ether oxygens (including phenoxy) is 1. The van der Waals surface area contributed by atoms with Gasteiger partial charge in [0.1, 0.15) is 18.0 Å². The van der Waals surface area contributed by atoms with Crippen LogP contribution in [0.25, 0.3) is 0 Å². The van der Waals surface area contributed by atoms with E-state index in [1.54, 1.807) is 6.08 Å². The molecule has 4 nitrogen and oxygen atoms in total. The summed E-state index contributed by atoms with van der Waals surface area (Å²) in [5.74, 6) is 0.888. The Labute approximate surface area is 161 Å². The maximum absolute atomic E-state index is 13.3. The smallest absolute Gasteiger partial charge is 0.258 e. The van der Waals surface area contributed by atoms with Gasteiger partial charge >= 0.3 is 0 Å². The van der Waals surface area contributed by atoms with Crippen molar-refractivity contribution in [3.63, 3.8) is 0 Å². The number of nitrogens with one attached hydrogen (secondary N) is 1. The van der Waals surface area contributed by atoms with Crippen LogP contribution in [0.4, 0.5) is 5.69 Å². The molecule has 2 aromatic carbocycles. The topological polar surface area (TPSA) is 41.6 Å². The van der Waals surface area contributed by atoms with Crippen molar-refractivity contribution in [2.24, 2.45) is 0 Å². The van der Waals surface area contributed by atoms with Gasteiger partial charge in [0.2, 0.25) is 0 Å². The van der Waals surface area contributed by atoms with Gasteiger partial charge in [0.05, 0.1) is 5.56 Å². The van der Waals surface area contributed by atoms with Crippen LogP contribution >= 0.6 is 0 Å². The van der Waals surface area contributed by atoms with Gasteiger partial charge in [0.15, 0.2) is 0 Å². The fourth-order valence-corrected chi connectivity index (χ4v) is 3.69. The number of nitrogens with zero attached hydrogens (tertiary/aromatic N) is 1. The number of carbonyl (C=O) groups excluding carboxylic acids is 1. The summed E-state index contributed by atoms with van der Waals surface area (Å²) in [7, 11) is 0. The van der Waals surface area contributed by atoms with Crippen LogP contribution in [0.5, 0.6) is 5.75 Å². The molecule has 3 rings (SSSR count). The van der Waals surface area contributed by atoms with Gasteiger partial charge < -0.3 is 15.0 Å². The molecule has 1 unspecified atom stereocenters. The zero-order valence-electron chi connectivity index (χ0n) is 16.2.